The van der Waals surface area contributed by atoms with Crippen LogP contribution in [0, 0.1) is 28.1 Å². The molecular weight excluding hydrogens is 544 g/mol. The molecule has 9 heteroatoms. The minimum Gasteiger partial charge on any atom is -0.488 e. The SMILES string of the molecule is COC(OC)C1CCN(c2ccc(C(=O)NC3C(C)(C)C(Oc4ccc(C#N)c5c4c(=O)ccn5C)C3(C)C)cc2)CC1. The van der Waals surface area contributed by atoms with E-state index in [1.165, 1.54) is 6.07 Å². The number of nitrogens with zero attached hydrogens (tertiary/aromatic N) is 3. The van der Waals surface area contributed by atoms with Crippen LogP contribution in [0.25, 0.3) is 10.9 Å². The highest BCUT2D eigenvalue weighted by atomic mass is 16.7. The Balaban J connectivity index is 1.28. The maximum Gasteiger partial charge on any atom is 0.251 e. The molecule has 2 aliphatic rings. The van der Waals surface area contributed by atoms with Crippen molar-refractivity contribution in [2.45, 2.75) is 59.0 Å². The largest absolute Gasteiger partial charge is 0.488 e. The highest BCUT2D eigenvalue weighted by molar-refractivity contribution is 5.95. The number of carbonyl (C=O) groups excluding carboxylic acids is 1. The number of rotatable bonds is 8. The predicted octanol–water partition coefficient (Wildman–Crippen LogP) is 4.86. The van der Waals surface area contributed by atoms with Gasteiger partial charge in [0.15, 0.2) is 11.7 Å². The minimum absolute atomic E-state index is 0.129. The molecule has 1 saturated heterocycles. The number of nitriles is 1. The summed E-state index contributed by atoms with van der Waals surface area (Å²) in [4.78, 5) is 28.7. The summed E-state index contributed by atoms with van der Waals surface area (Å²) in [5.41, 5.74) is 1.63. The summed E-state index contributed by atoms with van der Waals surface area (Å²) in [5.74, 6) is 0.695. The number of ether oxygens (including phenoxy) is 3. The molecule has 2 aromatic carbocycles. The van der Waals surface area contributed by atoms with Crippen LogP contribution in [0.4, 0.5) is 5.69 Å². The first kappa shape index (κ1) is 30.6. The van der Waals surface area contributed by atoms with Crippen LogP contribution in [0.3, 0.4) is 0 Å². The lowest BCUT2D eigenvalue weighted by atomic mass is 9.49. The number of fused-ring (bicyclic) bond motifs is 1. The first-order valence-electron chi connectivity index (χ1n) is 14.8. The maximum atomic E-state index is 13.4. The first-order valence-corrected chi connectivity index (χ1v) is 14.8. The van der Waals surface area contributed by atoms with E-state index in [4.69, 9.17) is 14.2 Å². The molecule has 1 N–H and O–H groups in total. The van der Waals surface area contributed by atoms with Gasteiger partial charge in [-0.3, -0.25) is 9.59 Å². The van der Waals surface area contributed by atoms with Gasteiger partial charge in [-0.05, 0) is 49.2 Å². The zero-order valence-electron chi connectivity index (χ0n) is 26.1. The number of nitrogens with one attached hydrogen (secondary N) is 1. The van der Waals surface area contributed by atoms with Crippen LogP contribution in [-0.2, 0) is 16.5 Å². The molecule has 1 amide bonds. The highest BCUT2D eigenvalue weighted by Crippen LogP contribution is 2.56. The van der Waals surface area contributed by atoms with Crippen molar-refractivity contribution < 1.29 is 19.0 Å². The first-order chi connectivity index (χ1) is 20.4. The van der Waals surface area contributed by atoms with E-state index in [1.54, 1.807) is 37.1 Å². The Kier molecular flexibility index (Phi) is 8.30. The van der Waals surface area contributed by atoms with Gasteiger partial charge in [-0.1, -0.05) is 27.7 Å². The van der Waals surface area contributed by atoms with Crippen LogP contribution >= 0.6 is 0 Å². The molecule has 0 bridgehead atoms. The Morgan fingerprint density at radius 3 is 2.21 bits per heavy atom. The third-order valence-electron chi connectivity index (χ3n) is 9.55. The number of methoxy groups -OCH3 is 2. The third-order valence-corrected chi connectivity index (χ3v) is 9.55. The van der Waals surface area contributed by atoms with Gasteiger partial charge in [0.1, 0.15) is 17.9 Å². The van der Waals surface area contributed by atoms with Gasteiger partial charge < -0.3 is 29.0 Å². The second-order valence-electron chi connectivity index (χ2n) is 13.0. The van der Waals surface area contributed by atoms with Gasteiger partial charge in [0.25, 0.3) is 5.91 Å². The van der Waals surface area contributed by atoms with Crippen molar-refractivity contribution >= 4 is 22.5 Å². The fourth-order valence-electron chi connectivity index (χ4n) is 7.58. The predicted molar refractivity (Wildman–Crippen MR) is 166 cm³/mol. The smallest absolute Gasteiger partial charge is 0.251 e. The van der Waals surface area contributed by atoms with Gasteiger partial charge in [0.05, 0.1) is 16.5 Å². The Morgan fingerprint density at radius 1 is 1.00 bits per heavy atom. The van der Waals surface area contributed by atoms with Gasteiger partial charge in [-0.2, -0.15) is 5.26 Å². The lowest BCUT2D eigenvalue weighted by Gasteiger charge is -2.63. The number of anilines is 1. The van der Waals surface area contributed by atoms with Crippen molar-refractivity contribution in [2.75, 3.05) is 32.2 Å². The molecule has 1 aliphatic heterocycles. The van der Waals surface area contributed by atoms with Crippen molar-refractivity contribution in [2.24, 2.45) is 23.8 Å². The molecule has 2 fully saturated rings. The van der Waals surface area contributed by atoms with E-state index in [2.05, 4.69) is 44.0 Å². The Hall–Kier alpha value is -3.87. The van der Waals surface area contributed by atoms with Crippen LogP contribution in [-0.4, -0.2) is 56.2 Å². The number of pyridine rings is 1. The average Bonchev–Trinajstić information content (AvgIpc) is 3.00. The molecule has 0 unspecified atom stereocenters. The quantitative estimate of drug-likeness (QED) is 0.376. The molecule has 0 atom stereocenters. The van der Waals surface area contributed by atoms with Crippen molar-refractivity contribution in [1.29, 1.82) is 5.26 Å². The van der Waals surface area contributed by atoms with E-state index in [9.17, 15) is 14.9 Å². The fraction of sp³-hybridized carbons (Fsp3) is 0.500. The molecule has 43 heavy (non-hydrogen) atoms. The Bertz CT molecular complexity index is 1580. The second kappa shape index (κ2) is 11.7. The molecule has 9 nitrogen and oxygen atoms in total. The van der Waals surface area contributed by atoms with E-state index in [-0.39, 0.29) is 29.8 Å². The number of carbonyl (C=O) groups is 1. The van der Waals surface area contributed by atoms with Crippen LogP contribution in [0.2, 0.25) is 0 Å². The summed E-state index contributed by atoms with van der Waals surface area (Å²) in [7, 11) is 5.18. The zero-order chi connectivity index (χ0) is 31.1. The molecule has 228 valence electrons. The summed E-state index contributed by atoms with van der Waals surface area (Å²) in [5, 5.41) is 13.3. The molecule has 1 aromatic heterocycles. The number of aromatic nitrogens is 1. The number of hydrogen-bond donors (Lipinski definition) is 1. The van der Waals surface area contributed by atoms with Crippen LogP contribution in [0.15, 0.2) is 53.5 Å². The van der Waals surface area contributed by atoms with Gasteiger partial charge in [-0.15, -0.1) is 0 Å². The number of aryl methyl sites for hydroxylation is 1. The fourth-order valence-corrected chi connectivity index (χ4v) is 7.58. The van der Waals surface area contributed by atoms with E-state index < -0.39 is 10.8 Å². The van der Waals surface area contributed by atoms with E-state index in [0.717, 1.165) is 31.6 Å². The van der Waals surface area contributed by atoms with Gasteiger partial charge in [0, 0.05) is 80.7 Å². The van der Waals surface area contributed by atoms with Crippen molar-refractivity contribution in [3.63, 3.8) is 0 Å². The Labute approximate surface area is 253 Å². The van der Waals surface area contributed by atoms with Crippen molar-refractivity contribution in [3.05, 3.63) is 70.0 Å². The topological polar surface area (TPSA) is 106 Å². The zero-order valence-corrected chi connectivity index (χ0v) is 26.1. The van der Waals surface area contributed by atoms with Gasteiger partial charge in [-0.25, -0.2) is 0 Å². The lowest BCUT2D eigenvalue weighted by Crippen LogP contribution is -2.74. The highest BCUT2D eigenvalue weighted by Gasteiger charge is 2.64. The van der Waals surface area contributed by atoms with E-state index in [1.807, 2.05) is 31.3 Å². The Morgan fingerprint density at radius 2 is 1.63 bits per heavy atom. The standard InChI is InChI=1S/C34H42N4O5/c1-33(2)31(34(3,4)32(33)43-26-13-10-23(20-35)28-27(26)25(39)16-17-37(28)5)36-29(40)21-8-11-24(12-9-21)38-18-14-22(15-19-38)30(41-6)42-7/h8-13,16-17,22,30-32H,14-15,18-19H2,1-7H3,(H,36,40). The monoisotopic (exact) mass is 586 g/mol. The molecule has 0 radical (unpaired) electrons. The number of amides is 1. The molecular formula is C34H42N4O5. The number of benzene rings is 2. The maximum absolute atomic E-state index is 13.4. The molecule has 5 rings (SSSR count). The summed E-state index contributed by atoms with van der Waals surface area (Å²) >= 11 is 0. The average molecular weight is 587 g/mol. The summed E-state index contributed by atoms with van der Waals surface area (Å²) in [6, 6.07) is 14.7. The van der Waals surface area contributed by atoms with Gasteiger partial charge >= 0.3 is 0 Å². The van der Waals surface area contributed by atoms with E-state index in [0.29, 0.717) is 33.7 Å². The van der Waals surface area contributed by atoms with Crippen LogP contribution in [0.1, 0.15) is 56.5 Å². The van der Waals surface area contributed by atoms with Gasteiger partial charge in [0.2, 0.25) is 0 Å². The molecule has 1 saturated carbocycles. The summed E-state index contributed by atoms with van der Waals surface area (Å²) in [6.45, 7) is 10.1. The third kappa shape index (κ3) is 5.39. The molecule has 2 heterocycles. The number of piperidine rings is 1. The molecule has 1 aliphatic carbocycles. The normalized spacial score (nSPS) is 21.3. The lowest BCUT2D eigenvalue weighted by molar-refractivity contribution is -0.163. The van der Waals surface area contributed by atoms with Crippen LogP contribution < -0.4 is 20.4 Å². The van der Waals surface area contributed by atoms with Crippen molar-refractivity contribution in [3.8, 4) is 11.8 Å². The van der Waals surface area contributed by atoms with Crippen LogP contribution in [0.5, 0.6) is 5.75 Å². The minimum atomic E-state index is -0.425. The van der Waals surface area contributed by atoms with E-state index >= 15 is 0 Å². The summed E-state index contributed by atoms with van der Waals surface area (Å²) in [6.07, 6.45) is 3.17. The van der Waals surface area contributed by atoms with Crippen molar-refractivity contribution in [1.82, 2.24) is 9.88 Å². The number of hydrogen-bond acceptors (Lipinski definition) is 7. The molecule has 3 aromatic rings. The second-order valence-corrected chi connectivity index (χ2v) is 13.0. The molecule has 0 spiro atoms. The summed E-state index contributed by atoms with van der Waals surface area (Å²) < 4.78 is 19.2.